The zero-order chi connectivity index (χ0) is 13.7. The van der Waals surface area contributed by atoms with Crippen LogP contribution in [0.15, 0.2) is 0 Å². The zero-order valence-corrected chi connectivity index (χ0v) is 12.2. The fourth-order valence-electron chi connectivity index (χ4n) is 1.42. The lowest BCUT2D eigenvalue weighted by Crippen LogP contribution is -2.31. The number of hydrogen-bond donors (Lipinski definition) is 1. The maximum Gasteiger partial charge on any atom is 0.231 e. The van der Waals surface area contributed by atoms with Gasteiger partial charge < -0.3 is 15.1 Å². The van der Waals surface area contributed by atoms with Crippen molar-refractivity contribution in [3.8, 4) is 0 Å². The predicted octanol–water partition coefficient (Wildman–Crippen LogP) is 1.60. The Labute approximate surface area is 109 Å². The molecule has 1 atom stereocenters. The van der Waals surface area contributed by atoms with Crippen molar-refractivity contribution in [3.05, 3.63) is 0 Å². The minimum atomic E-state index is 0.400. The van der Waals surface area contributed by atoms with Gasteiger partial charge in [-0.2, -0.15) is 15.0 Å². The normalized spacial score (nSPS) is 12.1. The van der Waals surface area contributed by atoms with E-state index in [0.29, 0.717) is 23.9 Å². The van der Waals surface area contributed by atoms with Crippen LogP contribution in [0.4, 0.5) is 17.8 Å². The highest BCUT2D eigenvalue weighted by Gasteiger charge is 2.14. The fraction of sp³-hybridized carbons (Fsp3) is 0.750. The van der Waals surface area contributed by atoms with Crippen LogP contribution < -0.4 is 15.1 Å². The second-order valence-corrected chi connectivity index (χ2v) is 4.55. The molecule has 102 valence electrons. The number of nitrogens with one attached hydrogen (secondary N) is 1. The Kier molecular flexibility index (Phi) is 5.12. The smallest absolute Gasteiger partial charge is 0.231 e. The third kappa shape index (κ3) is 3.45. The Morgan fingerprint density at radius 2 is 1.67 bits per heavy atom. The van der Waals surface area contributed by atoms with Gasteiger partial charge in [0.15, 0.2) is 0 Å². The van der Waals surface area contributed by atoms with Crippen molar-refractivity contribution in [2.24, 2.45) is 0 Å². The molecule has 0 saturated heterocycles. The Morgan fingerprint density at radius 1 is 1.06 bits per heavy atom. The molecule has 0 aliphatic heterocycles. The van der Waals surface area contributed by atoms with Crippen LogP contribution in [0.5, 0.6) is 0 Å². The summed E-state index contributed by atoms with van der Waals surface area (Å²) in [6, 6.07) is 0.400. The van der Waals surface area contributed by atoms with E-state index < -0.39 is 0 Å². The van der Waals surface area contributed by atoms with Crippen LogP contribution in [-0.4, -0.2) is 48.7 Å². The standard InChI is InChI=1S/C12H24N6/c1-7-9(3)18(6)12-15-10(13-8-2)14-11(16-12)17(4)5/h9H,7-8H2,1-6H3,(H,13,14,15,16). The molecule has 0 aliphatic carbocycles. The van der Waals surface area contributed by atoms with Gasteiger partial charge in [-0.25, -0.2) is 0 Å². The van der Waals surface area contributed by atoms with Crippen molar-refractivity contribution < 1.29 is 0 Å². The van der Waals surface area contributed by atoms with E-state index in [-0.39, 0.29) is 0 Å². The molecule has 0 aromatic carbocycles. The van der Waals surface area contributed by atoms with Gasteiger partial charge in [0, 0.05) is 33.7 Å². The Morgan fingerprint density at radius 3 is 2.17 bits per heavy atom. The molecule has 0 saturated carbocycles. The molecule has 1 unspecified atom stereocenters. The van der Waals surface area contributed by atoms with Crippen LogP contribution in [0.2, 0.25) is 0 Å². The van der Waals surface area contributed by atoms with E-state index in [0.717, 1.165) is 13.0 Å². The van der Waals surface area contributed by atoms with E-state index in [4.69, 9.17) is 0 Å². The first-order chi connectivity index (χ1) is 8.49. The molecule has 1 heterocycles. The number of anilines is 3. The van der Waals surface area contributed by atoms with E-state index >= 15 is 0 Å². The first-order valence-electron chi connectivity index (χ1n) is 6.39. The molecular formula is C12H24N6. The fourth-order valence-corrected chi connectivity index (χ4v) is 1.42. The monoisotopic (exact) mass is 252 g/mol. The second kappa shape index (κ2) is 6.37. The summed E-state index contributed by atoms with van der Waals surface area (Å²) in [5.41, 5.74) is 0. The van der Waals surface area contributed by atoms with Gasteiger partial charge in [-0.05, 0) is 20.3 Å². The summed E-state index contributed by atoms with van der Waals surface area (Å²) in [4.78, 5) is 17.2. The summed E-state index contributed by atoms with van der Waals surface area (Å²) < 4.78 is 0. The van der Waals surface area contributed by atoms with Gasteiger partial charge in [-0.1, -0.05) is 6.92 Å². The summed E-state index contributed by atoms with van der Waals surface area (Å²) in [7, 11) is 5.87. The van der Waals surface area contributed by atoms with Crippen LogP contribution in [0, 0.1) is 0 Å². The molecule has 0 fully saturated rings. The summed E-state index contributed by atoms with van der Waals surface area (Å²) in [5, 5.41) is 3.14. The van der Waals surface area contributed by atoms with E-state index in [1.807, 2.05) is 33.0 Å². The molecule has 1 aromatic heterocycles. The first-order valence-corrected chi connectivity index (χ1v) is 6.39. The summed E-state index contributed by atoms with van der Waals surface area (Å²) >= 11 is 0. The third-order valence-electron chi connectivity index (χ3n) is 2.91. The molecule has 6 nitrogen and oxygen atoms in total. The van der Waals surface area contributed by atoms with Crippen LogP contribution in [0.1, 0.15) is 27.2 Å². The van der Waals surface area contributed by atoms with E-state index in [1.165, 1.54) is 0 Å². The quantitative estimate of drug-likeness (QED) is 0.830. The third-order valence-corrected chi connectivity index (χ3v) is 2.91. The van der Waals surface area contributed by atoms with Crippen molar-refractivity contribution in [2.75, 3.05) is 42.8 Å². The molecule has 6 heteroatoms. The first kappa shape index (κ1) is 14.5. The molecular weight excluding hydrogens is 228 g/mol. The summed E-state index contributed by atoms with van der Waals surface area (Å²) in [5.74, 6) is 2.01. The lowest BCUT2D eigenvalue weighted by atomic mass is 10.2. The zero-order valence-electron chi connectivity index (χ0n) is 12.2. The number of aromatic nitrogens is 3. The molecule has 1 aromatic rings. The van der Waals surface area contributed by atoms with Gasteiger partial charge in [0.25, 0.3) is 0 Å². The SMILES string of the molecule is CCNc1nc(N(C)C)nc(N(C)C(C)CC)n1. The molecule has 1 rings (SSSR count). The van der Waals surface area contributed by atoms with Crippen LogP contribution in [-0.2, 0) is 0 Å². The lowest BCUT2D eigenvalue weighted by Gasteiger charge is -2.25. The van der Waals surface area contributed by atoms with E-state index in [2.05, 4.69) is 39.0 Å². The molecule has 0 spiro atoms. The van der Waals surface area contributed by atoms with Crippen LogP contribution >= 0.6 is 0 Å². The summed E-state index contributed by atoms with van der Waals surface area (Å²) in [6.45, 7) is 7.13. The van der Waals surface area contributed by atoms with Gasteiger partial charge >= 0.3 is 0 Å². The average Bonchev–Trinajstić information content (AvgIpc) is 2.36. The number of nitrogens with zero attached hydrogens (tertiary/aromatic N) is 5. The van der Waals surface area contributed by atoms with Gasteiger partial charge in [0.1, 0.15) is 0 Å². The van der Waals surface area contributed by atoms with Crippen molar-refractivity contribution in [2.45, 2.75) is 33.2 Å². The Bertz CT molecular complexity index is 379. The van der Waals surface area contributed by atoms with Crippen molar-refractivity contribution >= 4 is 17.8 Å². The van der Waals surface area contributed by atoms with Gasteiger partial charge in [0.2, 0.25) is 17.8 Å². The van der Waals surface area contributed by atoms with Crippen molar-refractivity contribution in [1.82, 2.24) is 15.0 Å². The minimum absolute atomic E-state index is 0.400. The van der Waals surface area contributed by atoms with Crippen LogP contribution in [0.25, 0.3) is 0 Å². The average molecular weight is 252 g/mol. The van der Waals surface area contributed by atoms with Gasteiger partial charge in [-0.15, -0.1) is 0 Å². The minimum Gasteiger partial charge on any atom is -0.354 e. The molecule has 0 bridgehead atoms. The highest BCUT2D eigenvalue weighted by molar-refractivity contribution is 5.44. The molecule has 1 N–H and O–H groups in total. The van der Waals surface area contributed by atoms with Crippen LogP contribution in [0.3, 0.4) is 0 Å². The molecule has 18 heavy (non-hydrogen) atoms. The largest absolute Gasteiger partial charge is 0.354 e. The predicted molar refractivity (Wildman–Crippen MR) is 76.5 cm³/mol. The maximum absolute atomic E-state index is 4.47. The van der Waals surface area contributed by atoms with E-state index in [1.54, 1.807) is 0 Å². The summed E-state index contributed by atoms with van der Waals surface area (Å²) in [6.07, 6.45) is 1.05. The molecule has 0 aliphatic rings. The van der Waals surface area contributed by atoms with E-state index in [9.17, 15) is 0 Å². The maximum atomic E-state index is 4.47. The number of hydrogen-bond acceptors (Lipinski definition) is 6. The highest BCUT2D eigenvalue weighted by atomic mass is 15.3. The number of rotatable bonds is 6. The Hall–Kier alpha value is -1.59. The Balaban J connectivity index is 3.09. The van der Waals surface area contributed by atoms with Crippen molar-refractivity contribution in [3.63, 3.8) is 0 Å². The second-order valence-electron chi connectivity index (χ2n) is 4.55. The topological polar surface area (TPSA) is 57.2 Å². The molecule has 0 radical (unpaired) electrons. The van der Waals surface area contributed by atoms with Gasteiger partial charge in [-0.3, -0.25) is 0 Å². The lowest BCUT2D eigenvalue weighted by molar-refractivity contribution is 0.646. The highest BCUT2D eigenvalue weighted by Crippen LogP contribution is 2.16. The molecule has 0 amide bonds. The van der Waals surface area contributed by atoms with Gasteiger partial charge in [0.05, 0.1) is 0 Å². The van der Waals surface area contributed by atoms with Crippen molar-refractivity contribution in [1.29, 1.82) is 0 Å².